The number of aromatic nitrogens is 4. The molecule has 0 atom stereocenters. The Morgan fingerprint density at radius 1 is 1.13 bits per heavy atom. The van der Waals surface area contributed by atoms with E-state index in [-0.39, 0.29) is 30.0 Å². The van der Waals surface area contributed by atoms with Crippen LogP contribution in [-0.4, -0.2) is 25.2 Å². The fourth-order valence-corrected chi connectivity index (χ4v) is 3.50. The van der Waals surface area contributed by atoms with Gasteiger partial charge in [0, 0.05) is 25.6 Å². The highest BCUT2D eigenvalue weighted by Gasteiger charge is 2.18. The molecular formula is C23H22FN5O2. The first-order valence-corrected chi connectivity index (χ1v) is 9.92. The number of nitrogens with one attached hydrogen (secondary N) is 1. The van der Waals surface area contributed by atoms with Gasteiger partial charge >= 0.3 is 0 Å². The number of amides is 1. The molecule has 0 bridgehead atoms. The summed E-state index contributed by atoms with van der Waals surface area (Å²) < 4.78 is 16.7. The number of carbonyl (C=O) groups excluding carboxylic acids is 1. The first-order valence-electron chi connectivity index (χ1n) is 9.92. The maximum absolute atomic E-state index is 13.4. The minimum absolute atomic E-state index is 0.0512. The maximum atomic E-state index is 13.4. The van der Waals surface area contributed by atoms with E-state index in [2.05, 4.69) is 15.4 Å². The Morgan fingerprint density at radius 3 is 2.61 bits per heavy atom. The molecular weight excluding hydrogens is 397 g/mol. The molecule has 4 rings (SSSR count). The Labute approximate surface area is 178 Å². The average molecular weight is 419 g/mol. The molecule has 1 amide bonds. The lowest BCUT2D eigenvalue weighted by Crippen LogP contribution is -2.25. The van der Waals surface area contributed by atoms with E-state index in [1.54, 1.807) is 24.7 Å². The van der Waals surface area contributed by atoms with Crippen molar-refractivity contribution in [3.8, 4) is 5.69 Å². The summed E-state index contributed by atoms with van der Waals surface area (Å²) >= 11 is 0. The number of anilines is 1. The van der Waals surface area contributed by atoms with Gasteiger partial charge in [-0.25, -0.2) is 14.1 Å². The summed E-state index contributed by atoms with van der Waals surface area (Å²) in [5, 5.41) is 7.25. The molecule has 0 aliphatic heterocycles. The van der Waals surface area contributed by atoms with Gasteiger partial charge in [-0.1, -0.05) is 24.3 Å². The van der Waals surface area contributed by atoms with E-state index in [0.29, 0.717) is 22.5 Å². The van der Waals surface area contributed by atoms with Gasteiger partial charge in [-0.2, -0.15) is 5.10 Å². The van der Waals surface area contributed by atoms with E-state index in [1.165, 1.54) is 16.7 Å². The van der Waals surface area contributed by atoms with Crippen LogP contribution in [0.15, 0.2) is 53.3 Å². The molecule has 0 unspecified atom stereocenters. The van der Waals surface area contributed by atoms with Crippen LogP contribution in [0.2, 0.25) is 0 Å². The van der Waals surface area contributed by atoms with Gasteiger partial charge in [0.15, 0.2) is 5.65 Å². The second-order valence-corrected chi connectivity index (χ2v) is 7.44. The molecule has 0 fully saturated rings. The number of benzene rings is 2. The minimum atomic E-state index is -0.423. The van der Waals surface area contributed by atoms with Gasteiger partial charge < -0.3 is 5.32 Å². The van der Waals surface area contributed by atoms with Crippen LogP contribution >= 0.6 is 0 Å². The van der Waals surface area contributed by atoms with Gasteiger partial charge in [0.25, 0.3) is 5.56 Å². The number of hydrogen-bond donors (Lipinski definition) is 1. The Hall–Kier alpha value is -3.81. The van der Waals surface area contributed by atoms with Gasteiger partial charge in [-0.05, 0) is 43.7 Å². The number of hydrogen-bond acceptors (Lipinski definition) is 4. The predicted molar refractivity (Wildman–Crippen MR) is 117 cm³/mol. The van der Waals surface area contributed by atoms with Crippen LogP contribution < -0.4 is 10.9 Å². The van der Waals surface area contributed by atoms with Crippen molar-refractivity contribution in [2.24, 2.45) is 7.05 Å². The minimum Gasteiger partial charge on any atom is -0.326 e. The smallest absolute Gasteiger partial charge is 0.273 e. The molecule has 0 saturated carbocycles. The standard InChI is InChI=1S/C23H22FN5O2/c1-14-9-10-16(24)13-19(14)25-20(30)12-11-18-23(31)28(3)22-21(26-18)15(2)27-29(22)17-7-5-4-6-8-17/h4-10,13H,11-12H2,1-3H3,(H,25,30). The molecule has 8 heteroatoms. The van der Waals surface area contributed by atoms with Crippen LogP contribution in [-0.2, 0) is 18.3 Å². The molecule has 7 nitrogen and oxygen atoms in total. The third-order valence-electron chi connectivity index (χ3n) is 5.18. The van der Waals surface area contributed by atoms with E-state index < -0.39 is 5.82 Å². The molecule has 31 heavy (non-hydrogen) atoms. The van der Waals surface area contributed by atoms with Crippen LogP contribution in [0.5, 0.6) is 0 Å². The van der Waals surface area contributed by atoms with Crippen molar-refractivity contribution < 1.29 is 9.18 Å². The number of fused-ring (bicyclic) bond motifs is 1. The average Bonchev–Trinajstić information content (AvgIpc) is 3.09. The van der Waals surface area contributed by atoms with Crippen LogP contribution in [0.3, 0.4) is 0 Å². The molecule has 0 saturated heterocycles. The largest absolute Gasteiger partial charge is 0.326 e. The number of aryl methyl sites for hydroxylation is 4. The number of para-hydroxylation sites is 1. The van der Waals surface area contributed by atoms with Crippen molar-refractivity contribution >= 4 is 22.8 Å². The van der Waals surface area contributed by atoms with Crippen molar-refractivity contribution in [1.29, 1.82) is 0 Å². The zero-order valence-corrected chi connectivity index (χ0v) is 17.5. The third kappa shape index (κ3) is 3.96. The van der Waals surface area contributed by atoms with E-state index in [1.807, 2.05) is 37.3 Å². The molecule has 2 aromatic heterocycles. The van der Waals surface area contributed by atoms with Crippen molar-refractivity contribution in [1.82, 2.24) is 19.3 Å². The third-order valence-corrected chi connectivity index (χ3v) is 5.18. The molecule has 0 spiro atoms. The lowest BCUT2D eigenvalue weighted by atomic mass is 10.1. The molecule has 158 valence electrons. The fraction of sp³-hybridized carbons (Fsp3) is 0.217. The zero-order chi connectivity index (χ0) is 22.1. The molecule has 2 heterocycles. The summed E-state index contributed by atoms with van der Waals surface area (Å²) in [6.45, 7) is 3.62. The number of nitrogens with zero attached hydrogens (tertiary/aromatic N) is 4. The SMILES string of the molecule is Cc1ccc(F)cc1NC(=O)CCc1nc2c(C)nn(-c3ccccc3)c2n(C)c1=O. The fourth-order valence-electron chi connectivity index (χ4n) is 3.50. The molecule has 0 aliphatic rings. The van der Waals surface area contributed by atoms with Crippen molar-refractivity contribution in [2.75, 3.05) is 5.32 Å². The van der Waals surface area contributed by atoms with Gasteiger partial charge in [-0.15, -0.1) is 0 Å². The van der Waals surface area contributed by atoms with Crippen molar-refractivity contribution in [2.45, 2.75) is 26.7 Å². The van der Waals surface area contributed by atoms with Crippen LogP contribution in [0.25, 0.3) is 16.9 Å². The summed E-state index contributed by atoms with van der Waals surface area (Å²) in [4.78, 5) is 29.8. The highest BCUT2D eigenvalue weighted by Crippen LogP contribution is 2.20. The monoisotopic (exact) mass is 419 g/mol. The van der Waals surface area contributed by atoms with Crippen LogP contribution in [0.1, 0.15) is 23.4 Å². The Bertz CT molecular complexity index is 1340. The van der Waals surface area contributed by atoms with Crippen LogP contribution in [0.4, 0.5) is 10.1 Å². The molecule has 0 radical (unpaired) electrons. The predicted octanol–water partition coefficient (Wildman–Crippen LogP) is 3.45. The quantitative estimate of drug-likeness (QED) is 0.537. The highest BCUT2D eigenvalue weighted by atomic mass is 19.1. The van der Waals surface area contributed by atoms with Gasteiger partial charge in [0.1, 0.15) is 17.0 Å². The van der Waals surface area contributed by atoms with E-state index >= 15 is 0 Å². The first-order chi connectivity index (χ1) is 14.8. The summed E-state index contributed by atoms with van der Waals surface area (Å²) in [7, 11) is 1.67. The Morgan fingerprint density at radius 2 is 1.87 bits per heavy atom. The first kappa shape index (κ1) is 20.5. The summed E-state index contributed by atoms with van der Waals surface area (Å²) in [5.74, 6) is -0.734. The highest BCUT2D eigenvalue weighted by molar-refractivity contribution is 5.91. The van der Waals surface area contributed by atoms with Gasteiger partial charge in [0.2, 0.25) is 5.91 Å². The lowest BCUT2D eigenvalue weighted by molar-refractivity contribution is -0.116. The Balaban J connectivity index is 1.61. The summed E-state index contributed by atoms with van der Waals surface area (Å²) in [5.41, 5.74) is 3.91. The second-order valence-electron chi connectivity index (χ2n) is 7.44. The summed E-state index contributed by atoms with van der Waals surface area (Å²) in [6.07, 6.45) is 0.217. The molecule has 4 aromatic rings. The van der Waals surface area contributed by atoms with Crippen LogP contribution in [0, 0.1) is 19.7 Å². The summed E-state index contributed by atoms with van der Waals surface area (Å²) in [6, 6.07) is 13.7. The van der Waals surface area contributed by atoms with Gasteiger partial charge in [0.05, 0.1) is 11.4 Å². The molecule has 0 aliphatic carbocycles. The Kier molecular flexibility index (Phi) is 5.37. The molecule has 1 N–H and O–H groups in total. The molecule has 2 aromatic carbocycles. The number of halogens is 1. The van der Waals surface area contributed by atoms with Crippen molar-refractivity contribution in [3.05, 3.63) is 81.7 Å². The van der Waals surface area contributed by atoms with Gasteiger partial charge in [-0.3, -0.25) is 14.2 Å². The van der Waals surface area contributed by atoms with E-state index in [4.69, 9.17) is 0 Å². The zero-order valence-electron chi connectivity index (χ0n) is 17.5. The maximum Gasteiger partial charge on any atom is 0.273 e. The lowest BCUT2D eigenvalue weighted by Gasteiger charge is -2.10. The topological polar surface area (TPSA) is 81.8 Å². The number of rotatable bonds is 5. The van der Waals surface area contributed by atoms with E-state index in [9.17, 15) is 14.0 Å². The normalized spacial score (nSPS) is 11.1. The second kappa shape index (κ2) is 8.14. The number of carbonyl (C=O) groups is 1. The van der Waals surface area contributed by atoms with E-state index in [0.717, 1.165) is 11.3 Å². The van der Waals surface area contributed by atoms with Crippen molar-refractivity contribution in [3.63, 3.8) is 0 Å².